The van der Waals surface area contributed by atoms with E-state index in [1.165, 1.54) is 29.3 Å². The highest BCUT2D eigenvalue weighted by atomic mass is 16.5. The van der Waals surface area contributed by atoms with Crippen molar-refractivity contribution in [3.05, 3.63) is 36.0 Å². The van der Waals surface area contributed by atoms with E-state index in [4.69, 9.17) is 4.74 Å². The molecule has 1 fully saturated rings. The molecule has 18 heavy (non-hydrogen) atoms. The maximum atomic E-state index is 5.58. The van der Waals surface area contributed by atoms with Gasteiger partial charge in [-0.05, 0) is 41.8 Å². The zero-order chi connectivity index (χ0) is 12.2. The van der Waals surface area contributed by atoms with Gasteiger partial charge in [0.1, 0.15) is 0 Å². The molecular formula is C15H20N2O. The molecule has 0 atom stereocenters. The second-order valence-corrected chi connectivity index (χ2v) is 5.09. The van der Waals surface area contributed by atoms with Crippen molar-refractivity contribution in [2.24, 2.45) is 5.92 Å². The average molecular weight is 244 g/mol. The Morgan fingerprint density at radius 1 is 1.28 bits per heavy atom. The molecule has 1 aromatic carbocycles. The van der Waals surface area contributed by atoms with Gasteiger partial charge in [-0.15, -0.1) is 0 Å². The fourth-order valence-corrected chi connectivity index (χ4v) is 2.12. The summed E-state index contributed by atoms with van der Waals surface area (Å²) in [6, 6.07) is 8.63. The van der Waals surface area contributed by atoms with Gasteiger partial charge in [-0.3, -0.25) is 0 Å². The largest absolute Gasteiger partial charge is 0.380 e. The maximum Gasteiger partial charge on any atom is 0.0591 e. The number of benzene rings is 1. The number of hydrogen-bond donors (Lipinski definition) is 2. The number of hydrogen-bond acceptors (Lipinski definition) is 2. The lowest BCUT2D eigenvalue weighted by atomic mass is 10.1. The molecule has 0 amide bonds. The molecule has 1 heterocycles. The Morgan fingerprint density at radius 2 is 2.22 bits per heavy atom. The molecular weight excluding hydrogens is 224 g/mol. The van der Waals surface area contributed by atoms with E-state index in [-0.39, 0.29) is 0 Å². The first-order valence-electron chi connectivity index (χ1n) is 6.76. The van der Waals surface area contributed by atoms with E-state index in [1.54, 1.807) is 0 Å². The average Bonchev–Trinajstić information content (AvgIpc) is 3.09. The molecule has 1 aliphatic rings. The smallest absolute Gasteiger partial charge is 0.0591 e. The molecule has 0 unspecified atom stereocenters. The van der Waals surface area contributed by atoms with Gasteiger partial charge in [0.25, 0.3) is 0 Å². The third-order valence-electron chi connectivity index (χ3n) is 3.42. The van der Waals surface area contributed by atoms with E-state index < -0.39 is 0 Å². The summed E-state index contributed by atoms with van der Waals surface area (Å²) in [6.45, 7) is 3.61. The second-order valence-electron chi connectivity index (χ2n) is 5.09. The molecule has 2 aromatic rings. The van der Waals surface area contributed by atoms with Crippen LogP contribution in [0.25, 0.3) is 10.9 Å². The predicted octanol–water partition coefficient (Wildman–Crippen LogP) is 2.68. The van der Waals surface area contributed by atoms with Crippen molar-refractivity contribution in [1.29, 1.82) is 0 Å². The van der Waals surface area contributed by atoms with Crippen LogP contribution < -0.4 is 5.32 Å². The van der Waals surface area contributed by atoms with Gasteiger partial charge >= 0.3 is 0 Å². The molecule has 1 saturated carbocycles. The van der Waals surface area contributed by atoms with Crippen molar-refractivity contribution in [2.45, 2.75) is 19.4 Å². The van der Waals surface area contributed by atoms with Crippen LogP contribution in [0.4, 0.5) is 0 Å². The third-order valence-corrected chi connectivity index (χ3v) is 3.42. The Kier molecular flexibility index (Phi) is 3.62. The molecule has 3 rings (SSSR count). The zero-order valence-electron chi connectivity index (χ0n) is 10.6. The van der Waals surface area contributed by atoms with E-state index in [0.29, 0.717) is 0 Å². The van der Waals surface area contributed by atoms with Crippen LogP contribution in [0.15, 0.2) is 30.5 Å². The summed E-state index contributed by atoms with van der Waals surface area (Å²) in [5, 5.41) is 4.68. The number of fused-ring (bicyclic) bond motifs is 1. The molecule has 0 radical (unpaired) electrons. The van der Waals surface area contributed by atoms with E-state index in [2.05, 4.69) is 34.6 Å². The standard InChI is InChI=1S/C15H20N2O/c1-2-12(1)11-18-8-7-16-10-13-3-4-14-5-6-17-15(14)9-13/h3-6,9,12,16-17H,1-2,7-8,10-11H2. The van der Waals surface area contributed by atoms with Crippen LogP contribution in [0, 0.1) is 5.92 Å². The van der Waals surface area contributed by atoms with Gasteiger partial charge in [0.2, 0.25) is 0 Å². The van der Waals surface area contributed by atoms with Crippen molar-refractivity contribution >= 4 is 10.9 Å². The summed E-state index contributed by atoms with van der Waals surface area (Å²) in [5.41, 5.74) is 2.52. The van der Waals surface area contributed by atoms with Crippen LogP contribution in [0.5, 0.6) is 0 Å². The minimum absolute atomic E-state index is 0.821. The third kappa shape index (κ3) is 3.12. The Labute approximate surface area is 108 Å². The Bertz CT molecular complexity index is 502. The monoisotopic (exact) mass is 244 g/mol. The van der Waals surface area contributed by atoms with Crippen molar-refractivity contribution in [1.82, 2.24) is 10.3 Å². The molecule has 1 aliphatic carbocycles. The number of H-pyrrole nitrogens is 1. The number of aromatic nitrogens is 1. The molecule has 96 valence electrons. The normalized spacial score (nSPS) is 15.3. The lowest BCUT2D eigenvalue weighted by Gasteiger charge is -2.06. The summed E-state index contributed by atoms with van der Waals surface area (Å²) in [7, 11) is 0. The molecule has 3 heteroatoms. The van der Waals surface area contributed by atoms with Crippen LogP contribution in [-0.2, 0) is 11.3 Å². The number of ether oxygens (including phenoxy) is 1. The lowest BCUT2D eigenvalue weighted by Crippen LogP contribution is -2.19. The number of rotatable bonds is 7. The first-order chi connectivity index (χ1) is 8.92. The molecule has 1 aromatic heterocycles. The SMILES string of the molecule is c1cc2ccc(CNCCOCC3CC3)cc2[nH]1. The molecule has 2 N–H and O–H groups in total. The van der Waals surface area contributed by atoms with Crippen LogP contribution >= 0.6 is 0 Å². The molecule has 0 bridgehead atoms. The summed E-state index contributed by atoms with van der Waals surface area (Å²) >= 11 is 0. The first-order valence-corrected chi connectivity index (χ1v) is 6.76. The van der Waals surface area contributed by atoms with E-state index in [9.17, 15) is 0 Å². The molecule has 0 spiro atoms. The Morgan fingerprint density at radius 3 is 3.11 bits per heavy atom. The number of aromatic amines is 1. The van der Waals surface area contributed by atoms with Crippen LogP contribution in [0.3, 0.4) is 0 Å². The van der Waals surface area contributed by atoms with Gasteiger partial charge in [0.15, 0.2) is 0 Å². The van der Waals surface area contributed by atoms with Gasteiger partial charge in [-0.25, -0.2) is 0 Å². The van der Waals surface area contributed by atoms with Crippen LogP contribution in [-0.4, -0.2) is 24.7 Å². The predicted molar refractivity (Wildman–Crippen MR) is 73.5 cm³/mol. The highest BCUT2D eigenvalue weighted by Gasteiger charge is 2.20. The highest BCUT2D eigenvalue weighted by Crippen LogP contribution is 2.28. The molecule has 3 nitrogen and oxygen atoms in total. The van der Waals surface area contributed by atoms with Crippen LogP contribution in [0.2, 0.25) is 0 Å². The summed E-state index contributed by atoms with van der Waals surface area (Å²) in [6.07, 6.45) is 4.71. The number of nitrogens with one attached hydrogen (secondary N) is 2. The maximum absolute atomic E-state index is 5.58. The van der Waals surface area contributed by atoms with Gasteiger partial charge in [0.05, 0.1) is 6.61 Å². The Hall–Kier alpha value is -1.32. The van der Waals surface area contributed by atoms with Crippen molar-refractivity contribution in [3.63, 3.8) is 0 Å². The van der Waals surface area contributed by atoms with Gasteiger partial charge in [-0.2, -0.15) is 0 Å². The van der Waals surface area contributed by atoms with Gasteiger partial charge < -0.3 is 15.0 Å². The first kappa shape index (κ1) is 11.8. The van der Waals surface area contributed by atoms with E-state index in [0.717, 1.165) is 32.2 Å². The second kappa shape index (κ2) is 5.55. The summed E-state index contributed by atoms with van der Waals surface area (Å²) < 4.78 is 5.58. The van der Waals surface area contributed by atoms with E-state index in [1.807, 2.05) is 6.20 Å². The molecule has 0 saturated heterocycles. The highest BCUT2D eigenvalue weighted by molar-refractivity contribution is 5.79. The Balaban J connectivity index is 1.38. The summed E-state index contributed by atoms with van der Waals surface area (Å²) in [5.74, 6) is 0.861. The topological polar surface area (TPSA) is 37.0 Å². The van der Waals surface area contributed by atoms with Gasteiger partial charge in [0, 0.05) is 31.4 Å². The minimum Gasteiger partial charge on any atom is -0.380 e. The minimum atomic E-state index is 0.821. The molecule has 0 aliphatic heterocycles. The fraction of sp³-hybridized carbons (Fsp3) is 0.467. The van der Waals surface area contributed by atoms with Crippen molar-refractivity contribution in [3.8, 4) is 0 Å². The van der Waals surface area contributed by atoms with Gasteiger partial charge in [-0.1, -0.05) is 12.1 Å². The van der Waals surface area contributed by atoms with Crippen molar-refractivity contribution in [2.75, 3.05) is 19.8 Å². The van der Waals surface area contributed by atoms with E-state index >= 15 is 0 Å². The summed E-state index contributed by atoms with van der Waals surface area (Å²) in [4.78, 5) is 3.24. The van der Waals surface area contributed by atoms with Crippen LogP contribution in [0.1, 0.15) is 18.4 Å². The van der Waals surface area contributed by atoms with Crippen molar-refractivity contribution < 1.29 is 4.74 Å². The fourth-order valence-electron chi connectivity index (χ4n) is 2.12. The lowest BCUT2D eigenvalue weighted by molar-refractivity contribution is 0.126. The quantitative estimate of drug-likeness (QED) is 0.735. The zero-order valence-corrected chi connectivity index (χ0v) is 10.6.